The number of β-lactam (4-membered cyclic amide) rings is 1. The maximum atomic E-state index is 13.0. The molecule has 3 aliphatic rings. The van der Waals surface area contributed by atoms with E-state index in [0.717, 1.165) is 24.2 Å². The quantitative estimate of drug-likeness (QED) is 0.544. The van der Waals surface area contributed by atoms with Gasteiger partial charge in [-0.1, -0.05) is 12.1 Å². The number of carbonyl (C=O) groups is 2. The first kappa shape index (κ1) is 20.5. The smallest absolute Gasteiger partial charge is 0.355 e. The predicted molar refractivity (Wildman–Crippen MR) is 107 cm³/mol. The zero-order valence-electron chi connectivity index (χ0n) is 16.9. The van der Waals surface area contributed by atoms with Crippen LogP contribution in [0.3, 0.4) is 0 Å². The molecule has 3 aliphatic heterocycles. The van der Waals surface area contributed by atoms with Gasteiger partial charge >= 0.3 is 5.97 Å². The van der Waals surface area contributed by atoms with E-state index in [-0.39, 0.29) is 24.3 Å². The number of aliphatic hydroxyl groups excluding tert-OH is 1. The second kappa shape index (κ2) is 8.56. The number of rotatable bonds is 6. The third-order valence-corrected chi connectivity index (χ3v) is 6.03. The molecular formula is C22H25N3O5. The highest BCUT2D eigenvalue weighted by atomic mass is 16.5. The molecule has 0 aliphatic carbocycles. The Morgan fingerprint density at radius 1 is 1.33 bits per heavy atom. The van der Waals surface area contributed by atoms with Gasteiger partial charge in [0, 0.05) is 19.6 Å². The molecule has 3 atom stereocenters. The van der Waals surface area contributed by atoms with Gasteiger partial charge in [0.05, 0.1) is 42.9 Å². The molecule has 2 saturated heterocycles. The van der Waals surface area contributed by atoms with Gasteiger partial charge in [-0.2, -0.15) is 5.26 Å². The molecular weight excluding hydrogens is 386 g/mol. The minimum Gasteiger partial charge on any atom is -0.460 e. The van der Waals surface area contributed by atoms with E-state index in [0.29, 0.717) is 31.7 Å². The number of nitrogens with zero attached hydrogens (tertiary/aromatic N) is 3. The van der Waals surface area contributed by atoms with Crippen LogP contribution in [0.2, 0.25) is 0 Å². The number of aliphatic hydroxyl groups is 1. The Morgan fingerprint density at radius 2 is 2.03 bits per heavy atom. The molecule has 4 rings (SSSR count). The molecule has 0 aromatic heterocycles. The SMILES string of the molecule is C[C@@H](O)[C@H]1C(=O)N2C(C(=O)OCCN3CCOCC3)=C(c3ccc(C#N)cc3)C[C@H]12. The fourth-order valence-corrected chi connectivity index (χ4v) is 4.42. The van der Waals surface area contributed by atoms with Gasteiger partial charge in [-0.3, -0.25) is 9.69 Å². The molecule has 2 fully saturated rings. The van der Waals surface area contributed by atoms with E-state index in [2.05, 4.69) is 11.0 Å². The van der Waals surface area contributed by atoms with Crippen molar-refractivity contribution in [3.8, 4) is 6.07 Å². The number of ether oxygens (including phenoxy) is 2. The largest absolute Gasteiger partial charge is 0.460 e. The van der Waals surface area contributed by atoms with Gasteiger partial charge in [0.25, 0.3) is 0 Å². The summed E-state index contributed by atoms with van der Waals surface area (Å²) in [6.45, 7) is 5.40. The Bertz CT molecular complexity index is 896. The van der Waals surface area contributed by atoms with E-state index in [1.54, 1.807) is 31.2 Å². The third kappa shape index (κ3) is 3.72. The summed E-state index contributed by atoms with van der Waals surface area (Å²) in [5.41, 5.74) is 2.28. The summed E-state index contributed by atoms with van der Waals surface area (Å²) in [5, 5.41) is 19.0. The van der Waals surface area contributed by atoms with Crippen molar-refractivity contribution in [3.63, 3.8) is 0 Å². The predicted octanol–water partition coefficient (Wildman–Crippen LogP) is 0.756. The summed E-state index contributed by atoms with van der Waals surface area (Å²) in [6, 6.07) is 8.77. The van der Waals surface area contributed by atoms with Crippen LogP contribution in [0.1, 0.15) is 24.5 Å². The summed E-state index contributed by atoms with van der Waals surface area (Å²) < 4.78 is 10.9. The van der Waals surface area contributed by atoms with Crippen molar-refractivity contribution < 1.29 is 24.2 Å². The Morgan fingerprint density at radius 3 is 2.67 bits per heavy atom. The topological polar surface area (TPSA) is 103 Å². The molecule has 1 N–H and O–H groups in total. The highest BCUT2D eigenvalue weighted by Gasteiger charge is 2.57. The lowest BCUT2D eigenvalue weighted by atomic mass is 9.82. The van der Waals surface area contributed by atoms with Crippen molar-refractivity contribution in [2.75, 3.05) is 39.5 Å². The molecule has 8 heteroatoms. The Labute approximate surface area is 175 Å². The van der Waals surface area contributed by atoms with Crippen molar-refractivity contribution in [3.05, 3.63) is 41.1 Å². The first-order valence-corrected chi connectivity index (χ1v) is 10.2. The van der Waals surface area contributed by atoms with Crippen molar-refractivity contribution in [1.82, 2.24) is 9.80 Å². The second-order valence-electron chi connectivity index (χ2n) is 7.85. The minimum absolute atomic E-state index is 0.232. The Balaban J connectivity index is 1.54. The molecule has 1 aromatic rings. The Kier molecular flexibility index (Phi) is 5.86. The molecule has 158 valence electrons. The van der Waals surface area contributed by atoms with Crippen molar-refractivity contribution in [1.29, 1.82) is 5.26 Å². The zero-order chi connectivity index (χ0) is 21.3. The van der Waals surface area contributed by atoms with E-state index in [1.807, 2.05) is 0 Å². The maximum Gasteiger partial charge on any atom is 0.355 e. The standard InChI is InChI=1S/C22H25N3O5/c1-14(26)19-18-12-17(16-4-2-15(13-23)3-5-16)20(25(18)21(19)27)22(28)30-11-8-24-6-9-29-10-7-24/h2-5,14,18-19,26H,6-12H2,1H3/t14-,18-,19-/m1/s1. The van der Waals surface area contributed by atoms with Crippen LogP contribution in [0.5, 0.6) is 0 Å². The van der Waals surface area contributed by atoms with Gasteiger partial charge < -0.3 is 19.5 Å². The molecule has 1 aromatic carbocycles. The number of esters is 1. The lowest BCUT2D eigenvalue weighted by Crippen LogP contribution is -2.61. The molecule has 0 spiro atoms. The maximum absolute atomic E-state index is 13.0. The summed E-state index contributed by atoms with van der Waals surface area (Å²) in [7, 11) is 0. The van der Waals surface area contributed by atoms with Gasteiger partial charge in [-0.15, -0.1) is 0 Å². The monoisotopic (exact) mass is 411 g/mol. The molecule has 30 heavy (non-hydrogen) atoms. The molecule has 0 bridgehead atoms. The summed E-state index contributed by atoms with van der Waals surface area (Å²) in [5.74, 6) is -1.29. The van der Waals surface area contributed by atoms with Gasteiger partial charge in [-0.25, -0.2) is 4.79 Å². The normalized spacial score (nSPS) is 24.8. The number of morpholine rings is 1. The van der Waals surface area contributed by atoms with Crippen LogP contribution < -0.4 is 0 Å². The third-order valence-electron chi connectivity index (χ3n) is 6.03. The summed E-state index contributed by atoms with van der Waals surface area (Å²) in [6.07, 6.45) is -0.307. The number of benzene rings is 1. The van der Waals surface area contributed by atoms with Gasteiger partial charge in [-0.05, 0) is 36.6 Å². The number of fused-ring (bicyclic) bond motifs is 1. The van der Waals surface area contributed by atoms with Crippen LogP contribution in [0.25, 0.3) is 5.57 Å². The van der Waals surface area contributed by atoms with E-state index in [9.17, 15) is 14.7 Å². The summed E-state index contributed by atoms with van der Waals surface area (Å²) >= 11 is 0. The van der Waals surface area contributed by atoms with Crippen LogP contribution >= 0.6 is 0 Å². The lowest BCUT2D eigenvalue weighted by Gasteiger charge is -2.44. The first-order valence-electron chi connectivity index (χ1n) is 10.2. The Hall–Kier alpha value is -2.73. The van der Waals surface area contributed by atoms with Gasteiger partial charge in [0.2, 0.25) is 5.91 Å². The number of carbonyl (C=O) groups excluding carboxylic acids is 2. The molecule has 0 saturated carbocycles. The highest BCUT2D eigenvalue weighted by Crippen LogP contribution is 2.47. The fraction of sp³-hybridized carbons (Fsp3) is 0.500. The molecule has 3 heterocycles. The fourth-order valence-electron chi connectivity index (χ4n) is 4.42. The molecule has 0 radical (unpaired) electrons. The molecule has 1 amide bonds. The lowest BCUT2D eigenvalue weighted by molar-refractivity contribution is -0.162. The van der Waals surface area contributed by atoms with Crippen molar-refractivity contribution >= 4 is 17.4 Å². The van der Waals surface area contributed by atoms with Gasteiger partial charge in [0.15, 0.2) is 0 Å². The number of nitriles is 1. The zero-order valence-corrected chi connectivity index (χ0v) is 16.9. The number of hydrogen-bond donors (Lipinski definition) is 1. The van der Waals surface area contributed by atoms with E-state index >= 15 is 0 Å². The summed E-state index contributed by atoms with van der Waals surface area (Å²) in [4.78, 5) is 29.3. The van der Waals surface area contributed by atoms with E-state index in [1.165, 1.54) is 4.90 Å². The molecule has 8 nitrogen and oxygen atoms in total. The van der Waals surface area contributed by atoms with Gasteiger partial charge in [0.1, 0.15) is 12.3 Å². The number of amides is 1. The average Bonchev–Trinajstić information content (AvgIpc) is 3.09. The number of hydrogen-bond acceptors (Lipinski definition) is 7. The van der Waals surface area contributed by atoms with E-state index in [4.69, 9.17) is 14.7 Å². The van der Waals surface area contributed by atoms with Crippen molar-refractivity contribution in [2.24, 2.45) is 5.92 Å². The molecule has 0 unspecified atom stereocenters. The van der Waals surface area contributed by atoms with Crippen LogP contribution in [0.15, 0.2) is 30.0 Å². The van der Waals surface area contributed by atoms with Crippen molar-refractivity contribution in [2.45, 2.75) is 25.5 Å². The highest BCUT2D eigenvalue weighted by molar-refractivity contribution is 6.06. The van der Waals surface area contributed by atoms with Crippen LogP contribution in [-0.4, -0.2) is 78.4 Å². The second-order valence-corrected chi connectivity index (χ2v) is 7.85. The van der Waals surface area contributed by atoms with E-state index < -0.39 is 18.0 Å². The first-order chi connectivity index (χ1) is 14.5. The average molecular weight is 411 g/mol. The van der Waals surface area contributed by atoms with Crippen LogP contribution in [0, 0.1) is 17.2 Å². The minimum atomic E-state index is -0.780. The van der Waals surface area contributed by atoms with Crippen LogP contribution in [0.4, 0.5) is 0 Å². The van der Waals surface area contributed by atoms with Crippen LogP contribution in [-0.2, 0) is 19.1 Å².